The number of aliphatic carboxylic acids is 1. The lowest BCUT2D eigenvalue weighted by Gasteiger charge is -2.25. The Labute approximate surface area is 170 Å². The second-order valence-corrected chi connectivity index (χ2v) is 10.0. The van der Waals surface area contributed by atoms with Crippen molar-refractivity contribution in [3.05, 3.63) is 23.8 Å². The summed E-state index contributed by atoms with van der Waals surface area (Å²) in [5.74, 6) is 0.659. The zero-order chi connectivity index (χ0) is 21.3. The van der Waals surface area contributed by atoms with Gasteiger partial charge in [0.1, 0.15) is 0 Å². The van der Waals surface area contributed by atoms with E-state index in [4.69, 9.17) is 19.4 Å². The molecule has 0 radical (unpaired) electrons. The minimum atomic E-state index is -3.14. The third-order valence-electron chi connectivity index (χ3n) is 5.48. The standard InChI is InChI=1S/C17H22N2O5S.C2H4O2/c1-18(2)13-9-25(21,22)16-8-19(7-12(13)16)17(20)6-11-3-4-14-15(5-11)24-10-23-14;1-2(3)4/h3-5,12-13,16H,6-10H2,1-2H3;1H3,(H,3,4)/t12-,13+,16-;/m0./s1. The maximum Gasteiger partial charge on any atom is 0.300 e. The van der Waals surface area contributed by atoms with Gasteiger partial charge in [-0.05, 0) is 31.8 Å². The molecule has 1 amide bonds. The number of carbonyl (C=O) groups excluding carboxylic acids is 1. The van der Waals surface area contributed by atoms with Crippen LogP contribution in [0.15, 0.2) is 18.2 Å². The smallest absolute Gasteiger partial charge is 0.300 e. The van der Waals surface area contributed by atoms with Gasteiger partial charge in [-0.25, -0.2) is 8.42 Å². The fourth-order valence-electron chi connectivity index (χ4n) is 4.11. The topological polar surface area (TPSA) is 113 Å². The number of hydrogen-bond acceptors (Lipinski definition) is 7. The number of carbonyl (C=O) groups is 2. The molecule has 1 N–H and O–H groups in total. The first kappa shape index (κ1) is 21.4. The van der Waals surface area contributed by atoms with E-state index in [1.165, 1.54) is 0 Å². The lowest BCUT2D eigenvalue weighted by atomic mass is 10.00. The molecule has 3 atom stereocenters. The number of carboxylic acids is 1. The second-order valence-electron chi connectivity index (χ2n) is 7.74. The zero-order valence-corrected chi connectivity index (χ0v) is 17.5. The molecule has 10 heteroatoms. The van der Waals surface area contributed by atoms with Crippen LogP contribution in [0.1, 0.15) is 12.5 Å². The Morgan fingerprint density at radius 3 is 2.52 bits per heavy atom. The Bertz CT molecular complexity index is 896. The third-order valence-corrected chi connectivity index (χ3v) is 7.70. The highest BCUT2D eigenvalue weighted by Gasteiger charge is 2.53. The average molecular weight is 426 g/mol. The van der Waals surface area contributed by atoms with Crippen LogP contribution in [-0.2, 0) is 25.8 Å². The molecule has 1 aromatic carbocycles. The van der Waals surface area contributed by atoms with Crippen molar-refractivity contribution in [3.8, 4) is 11.5 Å². The molecule has 9 nitrogen and oxygen atoms in total. The van der Waals surface area contributed by atoms with Gasteiger partial charge in [0.25, 0.3) is 5.97 Å². The van der Waals surface area contributed by atoms with E-state index < -0.39 is 21.1 Å². The number of fused-ring (bicyclic) bond motifs is 2. The minimum absolute atomic E-state index is 0.000652. The summed E-state index contributed by atoms with van der Waals surface area (Å²) in [5.41, 5.74) is 0.846. The van der Waals surface area contributed by atoms with Gasteiger partial charge in [-0.1, -0.05) is 6.07 Å². The number of benzene rings is 1. The molecule has 29 heavy (non-hydrogen) atoms. The number of ether oxygens (including phenoxy) is 2. The predicted molar refractivity (Wildman–Crippen MR) is 105 cm³/mol. The normalized spacial score (nSPS) is 26.1. The maximum atomic E-state index is 12.7. The highest BCUT2D eigenvalue weighted by atomic mass is 32.2. The summed E-state index contributed by atoms with van der Waals surface area (Å²) < 4.78 is 35.5. The second kappa shape index (κ2) is 8.19. The van der Waals surface area contributed by atoms with E-state index >= 15 is 0 Å². The Morgan fingerprint density at radius 1 is 1.21 bits per heavy atom. The molecule has 3 aliphatic rings. The van der Waals surface area contributed by atoms with Gasteiger partial charge in [0, 0.05) is 32.0 Å². The van der Waals surface area contributed by atoms with Crippen LogP contribution in [0, 0.1) is 5.92 Å². The molecule has 2 fully saturated rings. The number of sulfone groups is 1. The fraction of sp³-hybridized carbons (Fsp3) is 0.579. The minimum Gasteiger partial charge on any atom is -0.481 e. The van der Waals surface area contributed by atoms with E-state index in [0.29, 0.717) is 24.6 Å². The number of likely N-dealkylation sites (tertiary alicyclic amines) is 1. The van der Waals surface area contributed by atoms with Gasteiger partial charge in [-0.3, -0.25) is 9.59 Å². The molecule has 0 bridgehead atoms. The number of nitrogens with zero attached hydrogens (tertiary/aromatic N) is 2. The van der Waals surface area contributed by atoms with Crippen molar-refractivity contribution in [3.63, 3.8) is 0 Å². The van der Waals surface area contributed by atoms with E-state index in [1.807, 2.05) is 31.1 Å². The third kappa shape index (κ3) is 4.64. The molecule has 4 rings (SSSR count). The van der Waals surface area contributed by atoms with Crippen LogP contribution in [0.2, 0.25) is 0 Å². The van der Waals surface area contributed by atoms with Crippen LogP contribution in [0.25, 0.3) is 0 Å². The van der Waals surface area contributed by atoms with E-state index in [2.05, 4.69) is 0 Å². The van der Waals surface area contributed by atoms with Crippen LogP contribution in [0.3, 0.4) is 0 Å². The molecule has 2 saturated heterocycles. The largest absolute Gasteiger partial charge is 0.481 e. The highest BCUT2D eigenvalue weighted by molar-refractivity contribution is 7.92. The summed E-state index contributed by atoms with van der Waals surface area (Å²) in [6.07, 6.45) is 0.239. The first-order valence-electron chi connectivity index (χ1n) is 9.32. The summed E-state index contributed by atoms with van der Waals surface area (Å²) >= 11 is 0. The van der Waals surface area contributed by atoms with Gasteiger partial charge < -0.3 is 24.4 Å². The Morgan fingerprint density at radius 2 is 1.86 bits per heavy atom. The van der Waals surface area contributed by atoms with E-state index in [1.54, 1.807) is 11.0 Å². The van der Waals surface area contributed by atoms with E-state index in [0.717, 1.165) is 12.5 Å². The van der Waals surface area contributed by atoms with Crippen molar-refractivity contribution in [1.29, 1.82) is 0 Å². The summed E-state index contributed by atoms with van der Waals surface area (Å²) in [6, 6.07) is 5.45. The van der Waals surface area contributed by atoms with Crippen molar-refractivity contribution in [2.45, 2.75) is 24.6 Å². The lowest BCUT2D eigenvalue weighted by Crippen LogP contribution is -2.39. The van der Waals surface area contributed by atoms with Crippen molar-refractivity contribution < 1.29 is 32.6 Å². The average Bonchev–Trinajstić information content (AvgIpc) is 3.30. The Kier molecular flexibility index (Phi) is 6.04. The maximum absolute atomic E-state index is 12.7. The molecule has 1 aromatic rings. The van der Waals surface area contributed by atoms with Gasteiger partial charge in [-0.2, -0.15) is 0 Å². The fourth-order valence-corrected chi connectivity index (χ4v) is 6.58. The van der Waals surface area contributed by atoms with Crippen LogP contribution in [0.4, 0.5) is 0 Å². The van der Waals surface area contributed by atoms with Crippen molar-refractivity contribution >= 4 is 21.7 Å². The van der Waals surface area contributed by atoms with Gasteiger partial charge in [0.15, 0.2) is 21.3 Å². The first-order chi connectivity index (χ1) is 13.6. The van der Waals surface area contributed by atoms with Crippen molar-refractivity contribution in [2.24, 2.45) is 5.92 Å². The van der Waals surface area contributed by atoms with Crippen molar-refractivity contribution in [2.75, 3.05) is 39.7 Å². The summed E-state index contributed by atoms with van der Waals surface area (Å²) in [5, 5.41) is 6.99. The number of hydrogen-bond donors (Lipinski definition) is 1. The SMILES string of the molecule is CC(=O)O.CN(C)[C@@H]1CS(=O)(=O)[C@H]2CN(C(=O)Cc3ccc4c(c3)OCO4)C[C@@H]12. The molecule has 160 valence electrons. The van der Waals surface area contributed by atoms with E-state index in [9.17, 15) is 13.2 Å². The molecule has 0 aromatic heterocycles. The summed E-state index contributed by atoms with van der Waals surface area (Å²) in [6.45, 7) is 2.10. The zero-order valence-electron chi connectivity index (χ0n) is 16.7. The molecule has 0 unspecified atom stereocenters. The molecular weight excluding hydrogens is 400 g/mol. The van der Waals surface area contributed by atoms with Crippen LogP contribution in [0.5, 0.6) is 11.5 Å². The highest BCUT2D eigenvalue weighted by Crippen LogP contribution is 2.37. The molecular formula is C19H26N2O7S. The summed E-state index contributed by atoms with van der Waals surface area (Å²) in [7, 11) is 0.667. The van der Waals surface area contributed by atoms with Crippen LogP contribution >= 0.6 is 0 Å². The Balaban J connectivity index is 0.000000552. The van der Waals surface area contributed by atoms with Crippen LogP contribution < -0.4 is 9.47 Å². The number of rotatable bonds is 3. The van der Waals surface area contributed by atoms with Gasteiger partial charge in [-0.15, -0.1) is 0 Å². The quantitative estimate of drug-likeness (QED) is 0.731. The molecule has 3 heterocycles. The summed E-state index contributed by atoms with van der Waals surface area (Å²) in [4.78, 5) is 25.3. The van der Waals surface area contributed by atoms with Gasteiger partial charge in [0.05, 0.1) is 17.4 Å². The monoisotopic (exact) mass is 426 g/mol. The van der Waals surface area contributed by atoms with Crippen LogP contribution in [-0.4, -0.2) is 86.2 Å². The molecule has 3 aliphatic heterocycles. The molecule has 0 saturated carbocycles. The lowest BCUT2D eigenvalue weighted by molar-refractivity contribution is -0.134. The van der Waals surface area contributed by atoms with E-state index in [-0.39, 0.29) is 36.8 Å². The Hall–Kier alpha value is -2.33. The first-order valence-corrected chi connectivity index (χ1v) is 11.0. The number of carboxylic acid groups (broad SMARTS) is 1. The van der Waals surface area contributed by atoms with Crippen molar-refractivity contribution in [1.82, 2.24) is 9.80 Å². The predicted octanol–water partition coefficient (Wildman–Crippen LogP) is 0.234. The molecule has 0 aliphatic carbocycles. The van der Waals surface area contributed by atoms with Gasteiger partial charge >= 0.3 is 0 Å². The van der Waals surface area contributed by atoms with Gasteiger partial charge in [0.2, 0.25) is 12.7 Å². The molecule has 0 spiro atoms. The number of amides is 1.